The third-order valence-electron chi connectivity index (χ3n) is 1.67. The molecule has 0 fully saturated rings. The van der Waals surface area contributed by atoms with Crippen LogP contribution in [0.1, 0.15) is 6.92 Å². The Balaban J connectivity index is 3.41. The minimum absolute atomic E-state index is 0.151. The number of aromatic nitrogens is 2. The summed E-state index contributed by atoms with van der Waals surface area (Å²) in [6.45, 7) is 1.19. The predicted octanol–water partition coefficient (Wildman–Crippen LogP) is -0.991. The molecule has 6 nitrogen and oxygen atoms in total. The van der Waals surface area contributed by atoms with Gasteiger partial charge in [0.1, 0.15) is 0 Å². The molecule has 0 unspecified atom stereocenters. The van der Waals surface area contributed by atoms with E-state index in [1.807, 2.05) is 0 Å². The molecule has 1 rings (SSSR count). The molecular weight excluding hydrogens is 188 g/mol. The second kappa shape index (κ2) is 3.49. The lowest BCUT2D eigenvalue weighted by atomic mass is 10.5. The molecule has 0 spiro atoms. The fourth-order valence-corrected chi connectivity index (χ4v) is 1.000. The highest BCUT2D eigenvalue weighted by molar-refractivity contribution is 5.68. The maximum atomic E-state index is 11.3. The zero-order chi connectivity index (χ0) is 10.9. The lowest BCUT2D eigenvalue weighted by Crippen LogP contribution is -2.37. The number of hydrogen-bond donors (Lipinski definition) is 0. The van der Waals surface area contributed by atoms with Crippen LogP contribution in [0, 0.1) is 0 Å². The molecule has 0 aromatic carbocycles. The van der Waals surface area contributed by atoms with Crippen molar-refractivity contribution in [1.29, 1.82) is 0 Å². The van der Waals surface area contributed by atoms with Gasteiger partial charge in [-0.3, -0.25) is 18.7 Å². The van der Waals surface area contributed by atoms with Crippen LogP contribution in [0.3, 0.4) is 0 Å². The fourth-order valence-electron chi connectivity index (χ4n) is 1.000. The first-order valence-corrected chi connectivity index (χ1v) is 3.88. The molecule has 76 valence electrons. The Labute approximate surface area is 79.3 Å². The van der Waals surface area contributed by atoms with Crippen LogP contribution >= 0.6 is 0 Å². The van der Waals surface area contributed by atoms with E-state index in [0.29, 0.717) is 0 Å². The minimum Gasteiger partial charge on any atom is -0.419 e. The van der Waals surface area contributed by atoms with Crippen LogP contribution in [0.15, 0.2) is 15.8 Å². The highest BCUT2D eigenvalue weighted by Gasteiger charge is 2.09. The van der Waals surface area contributed by atoms with Gasteiger partial charge in [-0.05, 0) is 0 Å². The Morgan fingerprint density at radius 2 is 1.93 bits per heavy atom. The van der Waals surface area contributed by atoms with E-state index >= 15 is 0 Å². The van der Waals surface area contributed by atoms with Gasteiger partial charge in [0.05, 0.1) is 6.20 Å². The third kappa shape index (κ3) is 1.73. The zero-order valence-corrected chi connectivity index (χ0v) is 8.10. The van der Waals surface area contributed by atoms with E-state index in [-0.39, 0.29) is 5.75 Å². The van der Waals surface area contributed by atoms with Crippen molar-refractivity contribution in [1.82, 2.24) is 9.13 Å². The minimum atomic E-state index is -0.622. The molecular formula is C8H10N2O4. The highest BCUT2D eigenvalue weighted by Crippen LogP contribution is 1.98. The standard InChI is InChI=1S/C8H10N2O4/c1-5(11)14-6-4-9(2)8(13)10(3)7(6)12/h4H,1-3H3. The van der Waals surface area contributed by atoms with Gasteiger partial charge < -0.3 is 4.74 Å². The number of nitrogens with zero attached hydrogens (tertiary/aromatic N) is 2. The summed E-state index contributed by atoms with van der Waals surface area (Å²) in [7, 11) is 2.78. The summed E-state index contributed by atoms with van der Waals surface area (Å²) >= 11 is 0. The van der Waals surface area contributed by atoms with Gasteiger partial charge >= 0.3 is 11.7 Å². The first-order chi connectivity index (χ1) is 6.43. The average molecular weight is 198 g/mol. The Morgan fingerprint density at radius 3 is 2.43 bits per heavy atom. The monoisotopic (exact) mass is 198 g/mol. The van der Waals surface area contributed by atoms with Gasteiger partial charge in [-0.1, -0.05) is 0 Å². The van der Waals surface area contributed by atoms with Gasteiger partial charge in [-0.2, -0.15) is 0 Å². The molecule has 0 bridgehead atoms. The molecule has 0 saturated carbocycles. The summed E-state index contributed by atoms with van der Waals surface area (Å²) in [6, 6.07) is 0. The van der Waals surface area contributed by atoms with Crippen LogP contribution in [-0.4, -0.2) is 15.1 Å². The molecule has 0 radical (unpaired) electrons. The van der Waals surface area contributed by atoms with Crippen molar-refractivity contribution in [2.45, 2.75) is 6.92 Å². The Hall–Kier alpha value is -1.85. The van der Waals surface area contributed by atoms with Gasteiger partial charge in [0, 0.05) is 21.0 Å². The lowest BCUT2D eigenvalue weighted by molar-refractivity contribution is -0.132. The van der Waals surface area contributed by atoms with E-state index in [4.69, 9.17) is 0 Å². The van der Waals surface area contributed by atoms with E-state index in [9.17, 15) is 14.4 Å². The van der Waals surface area contributed by atoms with Crippen molar-refractivity contribution in [2.24, 2.45) is 14.1 Å². The average Bonchev–Trinajstić information content (AvgIpc) is 2.10. The number of hydrogen-bond acceptors (Lipinski definition) is 4. The van der Waals surface area contributed by atoms with Crippen molar-refractivity contribution in [3.63, 3.8) is 0 Å². The fraction of sp³-hybridized carbons (Fsp3) is 0.375. The molecule has 1 aromatic heterocycles. The van der Waals surface area contributed by atoms with Crippen molar-refractivity contribution in [2.75, 3.05) is 0 Å². The quantitative estimate of drug-likeness (QED) is 0.543. The van der Waals surface area contributed by atoms with E-state index in [1.54, 1.807) is 0 Å². The van der Waals surface area contributed by atoms with E-state index in [1.165, 1.54) is 31.8 Å². The van der Waals surface area contributed by atoms with Gasteiger partial charge in [-0.15, -0.1) is 0 Å². The number of aryl methyl sites for hydroxylation is 1. The molecule has 0 atom stereocenters. The van der Waals surface area contributed by atoms with Gasteiger partial charge in [0.25, 0.3) is 5.56 Å². The third-order valence-corrected chi connectivity index (χ3v) is 1.67. The van der Waals surface area contributed by atoms with Crippen molar-refractivity contribution < 1.29 is 9.53 Å². The van der Waals surface area contributed by atoms with Crippen LogP contribution in [0.2, 0.25) is 0 Å². The van der Waals surface area contributed by atoms with Crippen molar-refractivity contribution in [3.8, 4) is 5.75 Å². The van der Waals surface area contributed by atoms with Crippen LogP contribution in [0.5, 0.6) is 5.75 Å². The lowest BCUT2D eigenvalue weighted by Gasteiger charge is -2.05. The topological polar surface area (TPSA) is 70.3 Å². The summed E-state index contributed by atoms with van der Waals surface area (Å²) < 4.78 is 6.67. The van der Waals surface area contributed by atoms with E-state index in [0.717, 1.165) is 4.57 Å². The zero-order valence-electron chi connectivity index (χ0n) is 8.10. The molecule has 0 aliphatic heterocycles. The van der Waals surface area contributed by atoms with Crippen LogP contribution in [0.25, 0.3) is 0 Å². The highest BCUT2D eigenvalue weighted by atomic mass is 16.5. The molecule has 0 aliphatic carbocycles. The summed E-state index contributed by atoms with van der Waals surface area (Å²) in [5, 5.41) is 0. The Morgan fingerprint density at radius 1 is 1.36 bits per heavy atom. The smallest absolute Gasteiger partial charge is 0.330 e. The summed E-state index contributed by atoms with van der Waals surface area (Å²) in [5.74, 6) is -0.747. The maximum absolute atomic E-state index is 11.3. The second-order valence-corrected chi connectivity index (χ2v) is 2.84. The predicted molar refractivity (Wildman–Crippen MR) is 48.2 cm³/mol. The molecule has 0 saturated heterocycles. The first-order valence-electron chi connectivity index (χ1n) is 3.88. The molecule has 1 heterocycles. The largest absolute Gasteiger partial charge is 0.419 e. The van der Waals surface area contributed by atoms with Gasteiger partial charge in [0.2, 0.25) is 5.75 Å². The first kappa shape index (κ1) is 10.2. The Kier molecular flexibility index (Phi) is 2.55. The molecule has 6 heteroatoms. The normalized spacial score (nSPS) is 9.93. The van der Waals surface area contributed by atoms with Crippen molar-refractivity contribution >= 4 is 5.97 Å². The molecule has 14 heavy (non-hydrogen) atoms. The summed E-state index contributed by atoms with van der Waals surface area (Å²) in [4.78, 5) is 33.2. The van der Waals surface area contributed by atoms with E-state index in [2.05, 4.69) is 4.74 Å². The summed E-state index contributed by atoms with van der Waals surface area (Å²) in [5.41, 5.74) is -1.09. The number of carbonyl (C=O) groups is 1. The molecule has 1 aromatic rings. The number of rotatable bonds is 1. The second-order valence-electron chi connectivity index (χ2n) is 2.84. The molecule has 0 N–H and O–H groups in total. The summed E-state index contributed by atoms with van der Waals surface area (Å²) in [6.07, 6.45) is 1.19. The van der Waals surface area contributed by atoms with Crippen molar-refractivity contribution in [3.05, 3.63) is 27.0 Å². The van der Waals surface area contributed by atoms with Gasteiger partial charge in [-0.25, -0.2) is 4.79 Å². The Bertz CT molecular complexity index is 483. The molecule has 0 amide bonds. The van der Waals surface area contributed by atoms with Crippen LogP contribution < -0.4 is 16.0 Å². The van der Waals surface area contributed by atoms with Crippen LogP contribution in [0.4, 0.5) is 0 Å². The van der Waals surface area contributed by atoms with Crippen LogP contribution in [-0.2, 0) is 18.9 Å². The number of esters is 1. The number of ether oxygens (including phenoxy) is 1. The van der Waals surface area contributed by atoms with E-state index < -0.39 is 17.2 Å². The molecule has 0 aliphatic rings. The SMILES string of the molecule is CC(=O)Oc1cn(C)c(=O)n(C)c1=O. The van der Waals surface area contributed by atoms with Gasteiger partial charge in [0.15, 0.2) is 0 Å². The maximum Gasteiger partial charge on any atom is 0.330 e. The number of carbonyl (C=O) groups excluding carboxylic acids is 1.